The summed E-state index contributed by atoms with van der Waals surface area (Å²) >= 11 is 0. The third kappa shape index (κ3) is 3.63. The molecule has 0 aromatic heterocycles. The van der Waals surface area contributed by atoms with Gasteiger partial charge in [-0.3, -0.25) is 4.79 Å². The normalized spacial score (nSPS) is 11.2. The summed E-state index contributed by atoms with van der Waals surface area (Å²) in [7, 11) is -4.97. The highest BCUT2D eigenvalue weighted by molar-refractivity contribution is 7.86. The third-order valence-corrected chi connectivity index (χ3v) is 3.58. The average Bonchev–Trinajstić information content (AvgIpc) is 2.37. The molecule has 2 rings (SSSR count). The van der Waals surface area contributed by atoms with Crippen LogP contribution >= 0.6 is 0 Å². The molecule has 0 radical (unpaired) electrons. The maximum absolute atomic E-state index is 13.3. The number of benzene rings is 2. The quantitative estimate of drug-likeness (QED) is 0.886. The number of hydrogen-bond donors (Lipinski definition) is 1. The Morgan fingerprint density at radius 1 is 1.14 bits per heavy atom. The van der Waals surface area contributed by atoms with Gasteiger partial charge >= 0.3 is 10.2 Å². The van der Waals surface area contributed by atoms with Crippen molar-refractivity contribution < 1.29 is 21.5 Å². The fraction of sp³-hybridized carbons (Fsp3) is 0.0714. The average molecular weight is 311 g/mol. The Labute approximate surface area is 120 Å². The lowest BCUT2D eigenvalue weighted by Crippen LogP contribution is -2.14. The van der Waals surface area contributed by atoms with Gasteiger partial charge in [0.25, 0.3) is 5.91 Å². The van der Waals surface area contributed by atoms with E-state index in [4.69, 9.17) is 0 Å². The summed E-state index contributed by atoms with van der Waals surface area (Å²) in [5.41, 5.74) is 0.344. The Balaban J connectivity index is 2.37. The van der Waals surface area contributed by atoms with Crippen LogP contribution in [-0.4, -0.2) is 14.3 Å². The maximum Gasteiger partial charge on any atom is 0.334 e. The fourth-order valence-corrected chi connectivity index (χ4v) is 2.47. The number of carbonyl (C=O) groups excluding carboxylic acids is 1. The predicted molar refractivity (Wildman–Crippen MR) is 73.8 cm³/mol. The van der Waals surface area contributed by atoms with E-state index in [9.17, 15) is 21.5 Å². The number of anilines is 1. The van der Waals surface area contributed by atoms with E-state index in [2.05, 4.69) is 5.32 Å². The minimum Gasteiger partial charge on any atom is -0.321 e. The van der Waals surface area contributed by atoms with Crippen LogP contribution in [0.3, 0.4) is 0 Å². The molecule has 0 aliphatic heterocycles. The number of para-hydroxylation sites is 1. The first-order chi connectivity index (χ1) is 9.77. The number of nitrogens with one attached hydrogen (secondary N) is 1. The summed E-state index contributed by atoms with van der Waals surface area (Å²) in [6, 6.07) is 8.74. The molecule has 1 N–H and O–H groups in total. The van der Waals surface area contributed by atoms with Gasteiger partial charge in [0.1, 0.15) is 10.7 Å². The molecule has 7 heteroatoms. The van der Waals surface area contributed by atoms with Crippen LogP contribution in [0.2, 0.25) is 0 Å². The first-order valence-corrected chi connectivity index (χ1v) is 7.28. The van der Waals surface area contributed by atoms with E-state index < -0.39 is 26.8 Å². The highest BCUT2D eigenvalue weighted by Gasteiger charge is 2.18. The molecule has 0 bridgehead atoms. The van der Waals surface area contributed by atoms with E-state index in [-0.39, 0.29) is 11.3 Å². The Bertz CT molecular complexity index is 783. The predicted octanol–water partition coefficient (Wildman–Crippen LogP) is 3.04. The van der Waals surface area contributed by atoms with Gasteiger partial charge in [0, 0.05) is 5.56 Å². The van der Waals surface area contributed by atoms with Crippen molar-refractivity contribution in [3.05, 3.63) is 59.4 Å². The summed E-state index contributed by atoms with van der Waals surface area (Å²) in [6.07, 6.45) is 0. The molecule has 2 aromatic rings. The van der Waals surface area contributed by atoms with Crippen LogP contribution in [0, 0.1) is 12.7 Å². The van der Waals surface area contributed by atoms with Crippen LogP contribution in [0.5, 0.6) is 0 Å². The standard InChI is InChI=1S/C14H11F2NO3S/c1-9-6-10(8-11(15)7-9)14(18)17-12-4-2-3-5-13(12)21(16,19)20/h2-8H,1H3,(H,17,18). The molecule has 0 spiro atoms. The molecule has 2 aromatic carbocycles. The van der Waals surface area contributed by atoms with Crippen molar-refractivity contribution in [1.82, 2.24) is 0 Å². The number of amides is 1. The highest BCUT2D eigenvalue weighted by atomic mass is 32.3. The molecule has 0 unspecified atom stereocenters. The molecular weight excluding hydrogens is 300 g/mol. The zero-order chi connectivity index (χ0) is 15.6. The van der Waals surface area contributed by atoms with Gasteiger partial charge in [-0.25, -0.2) is 4.39 Å². The molecule has 110 valence electrons. The van der Waals surface area contributed by atoms with Crippen molar-refractivity contribution in [2.24, 2.45) is 0 Å². The van der Waals surface area contributed by atoms with Crippen molar-refractivity contribution in [3.8, 4) is 0 Å². The van der Waals surface area contributed by atoms with E-state index in [0.717, 1.165) is 12.1 Å². The number of carbonyl (C=O) groups is 1. The topological polar surface area (TPSA) is 63.2 Å². The zero-order valence-electron chi connectivity index (χ0n) is 10.9. The lowest BCUT2D eigenvalue weighted by atomic mass is 10.1. The van der Waals surface area contributed by atoms with Crippen LogP contribution in [0.4, 0.5) is 14.0 Å². The third-order valence-electron chi connectivity index (χ3n) is 2.70. The number of rotatable bonds is 3. The van der Waals surface area contributed by atoms with Gasteiger partial charge in [-0.2, -0.15) is 8.42 Å². The second-order valence-electron chi connectivity index (χ2n) is 4.41. The van der Waals surface area contributed by atoms with Gasteiger partial charge < -0.3 is 5.32 Å². The second-order valence-corrected chi connectivity index (χ2v) is 5.72. The van der Waals surface area contributed by atoms with Gasteiger partial charge in [-0.15, -0.1) is 3.89 Å². The maximum atomic E-state index is 13.3. The molecule has 4 nitrogen and oxygen atoms in total. The van der Waals surface area contributed by atoms with E-state index in [0.29, 0.717) is 5.56 Å². The van der Waals surface area contributed by atoms with Crippen LogP contribution in [0.15, 0.2) is 47.4 Å². The van der Waals surface area contributed by atoms with E-state index in [1.807, 2.05) is 0 Å². The molecule has 21 heavy (non-hydrogen) atoms. The van der Waals surface area contributed by atoms with Crippen molar-refractivity contribution in [2.45, 2.75) is 11.8 Å². The first kappa shape index (κ1) is 15.1. The lowest BCUT2D eigenvalue weighted by Gasteiger charge is -2.09. The van der Waals surface area contributed by atoms with Gasteiger partial charge in [-0.1, -0.05) is 12.1 Å². The molecule has 0 heterocycles. The molecule has 0 aliphatic rings. The second kappa shape index (κ2) is 5.61. The molecule has 0 saturated carbocycles. The molecule has 0 fully saturated rings. The largest absolute Gasteiger partial charge is 0.334 e. The number of halogens is 2. The summed E-state index contributed by atoms with van der Waals surface area (Å²) in [6.45, 7) is 1.61. The fourth-order valence-electron chi connectivity index (χ4n) is 1.84. The zero-order valence-corrected chi connectivity index (χ0v) is 11.7. The minimum absolute atomic E-state index is 0.0126. The van der Waals surface area contributed by atoms with Crippen molar-refractivity contribution in [3.63, 3.8) is 0 Å². The number of aryl methyl sites for hydroxylation is 1. The van der Waals surface area contributed by atoms with Crippen molar-refractivity contribution in [2.75, 3.05) is 5.32 Å². The van der Waals surface area contributed by atoms with Crippen molar-refractivity contribution >= 4 is 21.8 Å². The number of hydrogen-bond acceptors (Lipinski definition) is 3. The SMILES string of the molecule is Cc1cc(F)cc(C(=O)Nc2ccccc2S(=O)(=O)F)c1. The van der Waals surface area contributed by atoms with Gasteiger partial charge in [0.15, 0.2) is 0 Å². The molecule has 1 amide bonds. The van der Waals surface area contributed by atoms with Gasteiger partial charge in [-0.05, 0) is 42.8 Å². The summed E-state index contributed by atoms with van der Waals surface area (Å²) < 4.78 is 48.4. The first-order valence-electron chi connectivity index (χ1n) is 5.89. The minimum atomic E-state index is -4.97. The summed E-state index contributed by atoms with van der Waals surface area (Å²) in [4.78, 5) is 11.4. The molecule has 0 saturated heterocycles. The Morgan fingerprint density at radius 3 is 2.43 bits per heavy atom. The van der Waals surface area contributed by atoms with Gasteiger partial charge in [0.05, 0.1) is 5.69 Å². The van der Waals surface area contributed by atoms with E-state index >= 15 is 0 Å². The smallest absolute Gasteiger partial charge is 0.321 e. The van der Waals surface area contributed by atoms with Crippen LogP contribution < -0.4 is 5.32 Å². The van der Waals surface area contributed by atoms with E-state index in [1.54, 1.807) is 6.92 Å². The Morgan fingerprint density at radius 2 is 1.81 bits per heavy atom. The lowest BCUT2D eigenvalue weighted by molar-refractivity contribution is 0.102. The highest BCUT2D eigenvalue weighted by Crippen LogP contribution is 2.23. The summed E-state index contributed by atoms with van der Waals surface area (Å²) in [5.74, 6) is -1.32. The molecule has 0 atom stereocenters. The van der Waals surface area contributed by atoms with Crippen molar-refractivity contribution in [1.29, 1.82) is 0 Å². The molecule has 0 aliphatic carbocycles. The summed E-state index contributed by atoms with van der Waals surface area (Å²) in [5, 5.41) is 2.26. The van der Waals surface area contributed by atoms with Crippen LogP contribution in [0.1, 0.15) is 15.9 Å². The Hall–Kier alpha value is -2.28. The van der Waals surface area contributed by atoms with Gasteiger partial charge in [0.2, 0.25) is 0 Å². The monoisotopic (exact) mass is 311 g/mol. The van der Waals surface area contributed by atoms with E-state index in [1.165, 1.54) is 30.3 Å². The molecular formula is C14H11F2NO3S. The van der Waals surface area contributed by atoms with Crippen LogP contribution in [0.25, 0.3) is 0 Å². The van der Waals surface area contributed by atoms with Crippen LogP contribution in [-0.2, 0) is 10.2 Å². The Kier molecular flexibility index (Phi) is 4.04.